The monoisotopic (exact) mass is 406 g/mol. The molecule has 0 aliphatic rings. The van der Waals surface area contributed by atoms with E-state index < -0.39 is 6.04 Å². The maximum absolute atomic E-state index is 13.0. The molecule has 3 aromatic rings. The van der Waals surface area contributed by atoms with Gasteiger partial charge in [0, 0.05) is 18.3 Å². The average molecular weight is 407 g/mol. The van der Waals surface area contributed by atoms with Crippen LogP contribution in [0.15, 0.2) is 65.2 Å². The highest BCUT2D eigenvalue weighted by molar-refractivity contribution is 5.96. The summed E-state index contributed by atoms with van der Waals surface area (Å²) in [6.45, 7) is 9.34. The number of aromatic nitrogens is 1. The fraction of sp³-hybridized carbons (Fsp3) is 0.333. The third kappa shape index (κ3) is 5.94. The lowest BCUT2D eigenvalue weighted by Gasteiger charge is -2.20. The molecule has 0 saturated heterocycles. The van der Waals surface area contributed by atoms with E-state index in [-0.39, 0.29) is 5.91 Å². The minimum Gasteiger partial charge on any atom is -0.370 e. The first-order valence-electron chi connectivity index (χ1n) is 10.5. The summed E-state index contributed by atoms with van der Waals surface area (Å²) in [5.74, 6) is 0.863. The van der Waals surface area contributed by atoms with Crippen LogP contribution in [-0.2, 0) is 11.2 Å². The van der Waals surface area contributed by atoms with Crippen molar-refractivity contribution < 1.29 is 9.32 Å². The Bertz CT molecular complexity index is 918. The van der Waals surface area contributed by atoms with Crippen molar-refractivity contribution >= 4 is 17.4 Å². The van der Waals surface area contributed by atoms with E-state index in [2.05, 4.69) is 46.7 Å². The number of nitrogens with one attached hydrogen (secondary N) is 2. The van der Waals surface area contributed by atoms with Crippen LogP contribution in [0, 0.1) is 6.92 Å². The Morgan fingerprint density at radius 2 is 1.77 bits per heavy atom. The molecule has 1 heterocycles. The molecule has 2 N–H and O–H groups in total. The average Bonchev–Trinajstić information content (AvgIpc) is 3.18. The first kappa shape index (κ1) is 21.6. The number of amides is 1. The van der Waals surface area contributed by atoms with Crippen LogP contribution in [0.25, 0.3) is 0 Å². The Labute approximate surface area is 178 Å². The smallest absolute Gasteiger partial charge is 0.252 e. The largest absolute Gasteiger partial charge is 0.370 e. The van der Waals surface area contributed by atoms with Crippen molar-refractivity contribution in [2.75, 3.05) is 30.3 Å². The Hall–Kier alpha value is -3.12. The van der Waals surface area contributed by atoms with Crippen LogP contribution in [-0.4, -0.2) is 35.6 Å². The van der Waals surface area contributed by atoms with Crippen molar-refractivity contribution in [1.29, 1.82) is 0 Å². The second-order valence-corrected chi connectivity index (χ2v) is 7.27. The lowest BCUT2D eigenvalue weighted by molar-refractivity contribution is -0.117. The summed E-state index contributed by atoms with van der Waals surface area (Å²) in [5, 5.41) is 10.0. The van der Waals surface area contributed by atoms with Crippen molar-refractivity contribution in [3.05, 3.63) is 77.6 Å². The number of rotatable bonds is 10. The van der Waals surface area contributed by atoms with Crippen LogP contribution in [0.4, 0.5) is 11.5 Å². The molecule has 0 aliphatic carbocycles. The van der Waals surface area contributed by atoms with Crippen LogP contribution in [0.1, 0.15) is 36.8 Å². The van der Waals surface area contributed by atoms with E-state index in [1.165, 1.54) is 5.56 Å². The predicted octanol–water partition coefficient (Wildman–Crippen LogP) is 4.66. The van der Waals surface area contributed by atoms with Gasteiger partial charge in [-0.05, 0) is 49.7 Å². The number of nitrogens with zero attached hydrogens (tertiary/aromatic N) is 2. The molecule has 0 saturated carbocycles. The molecule has 0 bridgehead atoms. The summed E-state index contributed by atoms with van der Waals surface area (Å²) in [6.07, 6.45) is 1.01. The molecule has 0 radical (unpaired) electrons. The summed E-state index contributed by atoms with van der Waals surface area (Å²) < 4.78 is 5.05. The topological polar surface area (TPSA) is 70.4 Å². The summed E-state index contributed by atoms with van der Waals surface area (Å²) in [6, 6.07) is 19.1. The third-order valence-electron chi connectivity index (χ3n) is 5.15. The normalized spacial score (nSPS) is 12.0. The lowest BCUT2D eigenvalue weighted by atomic mass is 10.0. The first-order valence-corrected chi connectivity index (χ1v) is 10.5. The number of aryl methyl sites for hydroxylation is 1. The van der Waals surface area contributed by atoms with Gasteiger partial charge in [-0.2, -0.15) is 0 Å². The molecule has 0 spiro atoms. The highest BCUT2D eigenvalue weighted by Gasteiger charge is 2.21. The molecule has 1 amide bonds. The zero-order valence-electron chi connectivity index (χ0n) is 17.9. The summed E-state index contributed by atoms with van der Waals surface area (Å²) in [7, 11) is 0. The zero-order chi connectivity index (χ0) is 21.3. The van der Waals surface area contributed by atoms with Crippen molar-refractivity contribution in [2.45, 2.75) is 33.2 Å². The van der Waals surface area contributed by atoms with Gasteiger partial charge in [0.25, 0.3) is 5.91 Å². The van der Waals surface area contributed by atoms with Gasteiger partial charge in [0.2, 0.25) is 0 Å². The molecule has 30 heavy (non-hydrogen) atoms. The van der Waals surface area contributed by atoms with Crippen LogP contribution in [0.2, 0.25) is 0 Å². The van der Waals surface area contributed by atoms with Gasteiger partial charge in [-0.25, -0.2) is 0 Å². The molecule has 158 valence electrons. The van der Waals surface area contributed by atoms with E-state index in [0.717, 1.165) is 37.3 Å². The lowest BCUT2D eigenvalue weighted by Crippen LogP contribution is -2.27. The zero-order valence-corrected chi connectivity index (χ0v) is 17.9. The van der Waals surface area contributed by atoms with E-state index in [9.17, 15) is 4.79 Å². The standard InChI is InChI=1S/C24H30N4O2/c1-4-28(5-2)16-15-19-11-13-21(14-12-19)25-23(20-9-7-6-8-10-20)24(29)26-22-17-18(3)30-27-22/h6-14,17,23,25H,4-5,15-16H2,1-3H3,(H,26,27,29). The minimum absolute atomic E-state index is 0.194. The van der Waals surface area contributed by atoms with Gasteiger partial charge in [-0.1, -0.05) is 61.5 Å². The van der Waals surface area contributed by atoms with Gasteiger partial charge < -0.3 is 20.1 Å². The van der Waals surface area contributed by atoms with Gasteiger partial charge >= 0.3 is 0 Å². The van der Waals surface area contributed by atoms with Gasteiger partial charge in [0.15, 0.2) is 5.82 Å². The maximum Gasteiger partial charge on any atom is 0.252 e. The minimum atomic E-state index is -0.551. The van der Waals surface area contributed by atoms with E-state index >= 15 is 0 Å². The van der Waals surface area contributed by atoms with E-state index in [1.807, 2.05) is 42.5 Å². The number of anilines is 2. The van der Waals surface area contributed by atoms with Crippen molar-refractivity contribution in [1.82, 2.24) is 10.1 Å². The molecule has 0 aliphatic heterocycles. The number of hydrogen-bond acceptors (Lipinski definition) is 5. The molecular formula is C24H30N4O2. The first-order chi connectivity index (χ1) is 14.6. The summed E-state index contributed by atoms with van der Waals surface area (Å²) in [5.41, 5.74) is 3.05. The Kier molecular flexibility index (Phi) is 7.63. The van der Waals surface area contributed by atoms with Crippen LogP contribution < -0.4 is 10.6 Å². The fourth-order valence-corrected chi connectivity index (χ4v) is 3.33. The molecule has 1 atom stereocenters. The van der Waals surface area contributed by atoms with E-state index in [4.69, 9.17) is 4.52 Å². The molecular weight excluding hydrogens is 376 g/mol. The van der Waals surface area contributed by atoms with Gasteiger partial charge in [-0.15, -0.1) is 0 Å². The second kappa shape index (κ2) is 10.6. The molecule has 6 heteroatoms. The number of hydrogen-bond donors (Lipinski definition) is 2. The predicted molar refractivity (Wildman–Crippen MR) is 121 cm³/mol. The van der Waals surface area contributed by atoms with E-state index in [1.54, 1.807) is 13.0 Å². The van der Waals surface area contributed by atoms with E-state index in [0.29, 0.717) is 11.6 Å². The van der Waals surface area contributed by atoms with Gasteiger partial charge in [0.05, 0.1) is 0 Å². The second-order valence-electron chi connectivity index (χ2n) is 7.27. The van der Waals surface area contributed by atoms with Gasteiger partial charge in [-0.3, -0.25) is 4.79 Å². The van der Waals surface area contributed by atoms with Crippen LogP contribution >= 0.6 is 0 Å². The summed E-state index contributed by atoms with van der Waals surface area (Å²) >= 11 is 0. The molecule has 2 aromatic carbocycles. The number of benzene rings is 2. The molecule has 0 fully saturated rings. The van der Waals surface area contributed by atoms with Crippen LogP contribution in [0.3, 0.4) is 0 Å². The van der Waals surface area contributed by atoms with Crippen molar-refractivity contribution in [3.63, 3.8) is 0 Å². The summed E-state index contributed by atoms with van der Waals surface area (Å²) in [4.78, 5) is 15.4. The SMILES string of the molecule is CCN(CC)CCc1ccc(NC(C(=O)Nc2cc(C)on2)c2ccccc2)cc1. The number of carbonyl (C=O) groups excluding carboxylic acids is 1. The highest BCUT2D eigenvalue weighted by atomic mass is 16.5. The molecule has 1 unspecified atom stereocenters. The molecule has 3 rings (SSSR count). The van der Waals surface area contributed by atoms with Crippen LogP contribution in [0.5, 0.6) is 0 Å². The third-order valence-corrected chi connectivity index (χ3v) is 5.15. The Morgan fingerprint density at radius 1 is 1.07 bits per heavy atom. The van der Waals surface area contributed by atoms with Crippen molar-refractivity contribution in [3.8, 4) is 0 Å². The molecule has 1 aromatic heterocycles. The Morgan fingerprint density at radius 3 is 2.37 bits per heavy atom. The maximum atomic E-state index is 13.0. The molecule has 6 nitrogen and oxygen atoms in total. The number of carbonyl (C=O) groups is 1. The van der Waals surface area contributed by atoms with Crippen molar-refractivity contribution in [2.24, 2.45) is 0 Å². The fourth-order valence-electron chi connectivity index (χ4n) is 3.33. The van der Waals surface area contributed by atoms with Gasteiger partial charge in [0.1, 0.15) is 11.8 Å². The Balaban J connectivity index is 1.70. The quantitative estimate of drug-likeness (QED) is 0.512. The highest BCUT2D eigenvalue weighted by Crippen LogP contribution is 2.22. The number of likely N-dealkylation sites (N-methyl/N-ethyl adjacent to an activating group) is 1.